The molecule has 1 heterocycles. The van der Waals surface area contributed by atoms with Crippen molar-refractivity contribution in [2.45, 2.75) is 17.7 Å². The summed E-state index contributed by atoms with van der Waals surface area (Å²) in [6.07, 6.45) is 4.71. The van der Waals surface area contributed by atoms with E-state index in [0.29, 0.717) is 13.1 Å². The maximum atomic E-state index is 12.4. The fourth-order valence-electron chi connectivity index (χ4n) is 2.01. The van der Waals surface area contributed by atoms with Crippen LogP contribution >= 0.6 is 0 Å². The maximum absolute atomic E-state index is 12.4. The van der Waals surface area contributed by atoms with Crippen LogP contribution in [0.15, 0.2) is 41.3 Å². The van der Waals surface area contributed by atoms with Gasteiger partial charge in [-0.25, -0.2) is 8.42 Å². The first kappa shape index (κ1) is 14.7. The zero-order valence-electron chi connectivity index (χ0n) is 11.3. The summed E-state index contributed by atoms with van der Waals surface area (Å²) in [6, 6.07) is 6.35. The van der Waals surface area contributed by atoms with Crippen molar-refractivity contribution in [1.29, 1.82) is 0 Å². The lowest BCUT2D eigenvalue weighted by Gasteiger charge is -2.22. The summed E-state index contributed by atoms with van der Waals surface area (Å²) < 4.78 is 30.8. The topological polar surface area (TPSA) is 63.7 Å². The molecule has 1 aromatic carbocycles. The first-order chi connectivity index (χ1) is 9.54. The number of nitrogens with zero attached hydrogens (tertiary/aromatic N) is 1. The molecule has 0 bridgehead atoms. The van der Waals surface area contributed by atoms with Gasteiger partial charge in [0, 0.05) is 13.1 Å². The normalized spacial score (nSPS) is 16.1. The monoisotopic (exact) mass is 295 g/mol. The molecule has 0 aromatic heterocycles. The second-order valence-electron chi connectivity index (χ2n) is 4.52. The Kier molecular flexibility index (Phi) is 4.57. The van der Waals surface area contributed by atoms with Crippen LogP contribution in [0.3, 0.4) is 0 Å². The van der Waals surface area contributed by atoms with E-state index in [0.717, 1.165) is 12.0 Å². The lowest BCUT2D eigenvalue weighted by molar-refractivity contribution is -0.139. The van der Waals surface area contributed by atoms with E-state index in [2.05, 4.69) is 4.74 Å². The lowest BCUT2D eigenvalue weighted by atomic mass is 10.2. The Bertz CT molecular complexity index is 605. The molecule has 5 nitrogen and oxygen atoms in total. The van der Waals surface area contributed by atoms with Crippen LogP contribution in [0.25, 0.3) is 0 Å². The Balaban J connectivity index is 2.16. The predicted molar refractivity (Wildman–Crippen MR) is 74.7 cm³/mol. The molecule has 1 aliphatic rings. The standard InChI is InChI=1S/C14H17NO4S/c1-19-14(16)11-12-5-7-13(8-6-12)20(17,18)15-9-3-2-4-10-15/h2-3,5-8H,4,9-11H2,1H3. The smallest absolute Gasteiger partial charge is 0.309 e. The average Bonchev–Trinajstić information content (AvgIpc) is 2.48. The van der Waals surface area contributed by atoms with Gasteiger partial charge in [-0.2, -0.15) is 4.31 Å². The van der Waals surface area contributed by atoms with E-state index in [9.17, 15) is 13.2 Å². The number of hydrogen-bond acceptors (Lipinski definition) is 4. The van der Waals surface area contributed by atoms with E-state index in [1.165, 1.54) is 23.5 Å². The summed E-state index contributed by atoms with van der Waals surface area (Å²) in [6.45, 7) is 0.912. The third kappa shape index (κ3) is 3.26. The fraction of sp³-hybridized carbons (Fsp3) is 0.357. The Morgan fingerprint density at radius 3 is 2.50 bits per heavy atom. The number of ether oxygens (including phenoxy) is 1. The summed E-state index contributed by atoms with van der Waals surface area (Å²) in [7, 11) is -2.12. The number of benzene rings is 1. The third-order valence-corrected chi connectivity index (χ3v) is 5.04. The van der Waals surface area contributed by atoms with Gasteiger partial charge in [-0.15, -0.1) is 0 Å². The van der Waals surface area contributed by atoms with Crippen LogP contribution in [0.5, 0.6) is 0 Å². The minimum absolute atomic E-state index is 0.142. The number of rotatable bonds is 4. The van der Waals surface area contributed by atoms with E-state index in [-0.39, 0.29) is 17.3 Å². The Morgan fingerprint density at radius 1 is 1.25 bits per heavy atom. The van der Waals surface area contributed by atoms with Crippen molar-refractivity contribution in [2.24, 2.45) is 0 Å². The molecule has 0 saturated heterocycles. The minimum Gasteiger partial charge on any atom is -0.469 e. The highest BCUT2D eigenvalue weighted by atomic mass is 32.2. The largest absolute Gasteiger partial charge is 0.469 e. The van der Waals surface area contributed by atoms with E-state index < -0.39 is 10.0 Å². The number of esters is 1. The van der Waals surface area contributed by atoms with Gasteiger partial charge in [0.2, 0.25) is 10.0 Å². The summed E-state index contributed by atoms with van der Waals surface area (Å²) in [4.78, 5) is 11.4. The van der Waals surface area contributed by atoms with E-state index in [4.69, 9.17) is 0 Å². The number of sulfonamides is 1. The molecular formula is C14H17NO4S. The molecule has 0 fully saturated rings. The number of carbonyl (C=O) groups is 1. The zero-order valence-corrected chi connectivity index (χ0v) is 12.1. The molecule has 0 radical (unpaired) electrons. The van der Waals surface area contributed by atoms with Crippen molar-refractivity contribution in [1.82, 2.24) is 4.31 Å². The zero-order chi connectivity index (χ0) is 14.6. The van der Waals surface area contributed by atoms with Gasteiger partial charge in [-0.3, -0.25) is 4.79 Å². The molecule has 0 unspecified atom stereocenters. The number of carbonyl (C=O) groups excluding carboxylic acids is 1. The third-order valence-electron chi connectivity index (χ3n) is 3.16. The van der Waals surface area contributed by atoms with Crippen molar-refractivity contribution in [3.8, 4) is 0 Å². The molecule has 20 heavy (non-hydrogen) atoms. The molecule has 0 spiro atoms. The van der Waals surface area contributed by atoms with Crippen molar-refractivity contribution in [2.75, 3.05) is 20.2 Å². The Morgan fingerprint density at radius 2 is 1.95 bits per heavy atom. The van der Waals surface area contributed by atoms with Crippen molar-refractivity contribution in [3.63, 3.8) is 0 Å². The quantitative estimate of drug-likeness (QED) is 0.621. The van der Waals surface area contributed by atoms with Crippen molar-refractivity contribution >= 4 is 16.0 Å². The molecule has 0 N–H and O–H groups in total. The summed E-state index contributed by atoms with van der Waals surface area (Å²) >= 11 is 0. The molecule has 108 valence electrons. The van der Waals surface area contributed by atoms with Crippen LogP contribution in [0.1, 0.15) is 12.0 Å². The summed E-state index contributed by atoms with van der Waals surface area (Å²) in [5.41, 5.74) is 0.731. The maximum Gasteiger partial charge on any atom is 0.309 e. The predicted octanol–water partition coefficient (Wildman–Crippen LogP) is 1.35. The van der Waals surface area contributed by atoms with Gasteiger partial charge >= 0.3 is 5.97 Å². The SMILES string of the molecule is COC(=O)Cc1ccc(S(=O)(=O)N2CC=CCC2)cc1. The van der Waals surface area contributed by atoms with Crippen molar-refractivity contribution in [3.05, 3.63) is 42.0 Å². The molecular weight excluding hydrogens is 278 g/mol. The van der Waals surface area contributed by atoms with Gasteiger partial charge in [0.05, 0.1) is 18.4 Å². The average molecular weight is 295 g/mol. The highest BCUT2D eigenvalue weighted by Crippen LogP contribution is 2.18. The molecule has 0 amide bonds. The summed E-state index contributed by atoms with van der Waals surface area (Å²) in [5, 5.41) is 0. The second kappa shape index (κ2) is 6.19. The molecule has 0 atom stereocenters. The molecule has 0 aliphatic carbocycles. The first-order valence-corrected chi connectivity index (χ1v) is 7.79. The molecule has 1 aliphatic heterocycles. The van der Waals surface area contributed by atoms with Gasteiger partial charge < -0.3 is 4.74 Å². The Hall–Kier alpha value is -1.66. The molecule has 1 aromatic rings. The van der Waals surface area contributed by atoms with Gasteiger partial charge in [0.15, 0.2) is 0 Å². The Labute approximate surface area is 118 Å². The van der Waals surface area contributed by atoms with Crippen LogP contribution < -0.4 is 0 Å². The molecule has 0 saturated carbocycles. The van der Waals surface area contributed by atoms with E-state index >= 15 is 0 Å². The fourth-order valence-corrected chi connectivity index (χ4v) is 3.41. The van der Waals surface area contributed by atoms with Gasteiger partial charge in [0.1, 0.15) is 0 Å². The van der Waals surface area contributed by atoms with Crippen LogP contribution in [-0.2, 0) is 26.0 Å². The van der Waals surface area contributed by atoms with Crippen LogP contribution in [0.2, 0.25) is 0 Å². The van der Waals surface area contributed by atoms with Crippen LogP contribution in [-0.4, -0.2) is 38.9 Å². The van der Waals surface area contributed by atoms with Gasteiger partial charge in [-0.1, -0.05) is 24.3 Å². The lowest BCUT2D eigenvalue weighted by Crippen LogP contribution is -2.33. The summed E-state index contributed by atoms with van der Waals surface area (Å²) in [5.74, 6) is -0.346. The van der Waals surface area contributed by atoms with Gasteiger partial charge in [0.25, 0.3) is 0 Å². The second-order valence-corrected chi connectivity index (χ2v) is 6.46. The van der Waals surface area contributed by atoms with E-state index in [1.54, 1.807) is 12.1 Å². The minimum atomic E-state index is -3.45. The highest BCUT2D eigenvalue weighted by molar-refractivity contribution is 7.89. The number of methoxy groups -OCH3 is 1. The van der Waals surface area contributed by atoms with Crippen LogP contribution in [0, 0.1) is 0 Å². The molecule has 6 heteroatoms. The number of hydrogen-bond donors (Lipinski definition) is 0. The van der Waals surface area contributed by atoms with Crippen molar-refractivity contribution < 1.29 is 17.9 Å². The molecule has 2 rings (SSSR count). The first-order valence-electron chi connectivity index (χ1n) is 6.35. The van der Waals surface area contributed by atoms with Crippen LogP contribution in [0.4, 0.5) is 0 Å². The van der Waals surface area contributed by atoms with E-state index in [1.807, 2.05) is 12.2 Å². The van der Waals surface area contributed by atoms with Gasteiger partial charge in [-0.05, 0) is 24.1 Å². The highest BCUT2D eigenvalue weighted by Gasteiger charge is 2.24.